The highest BCUT2D eigenvalue weighted by molar-refractivity contribution is 6.40. The number of halogens is 2. The number of hydrazone groups is 1. The standard InChI is InChI=1S/C29H24Cl2N6O6/c1-36(2)29(43)26(35-34-22-12-11-16(30)13-20(22)25(40)19-9-5-6-10-21(19)31)33-23(38)14-32-24(39)15-37-27(41)17-7-3-4-8-18(17)28(37)42/h3-13,34H,14-15H2,1-2H3,(H,32,39)(H,33,35,38). The van der Waals surface area contributed by atoms with E-state index in [0.29, 0.717) is 0 Å². The molecule has 3 aromatic rings. The van der Waals surface area contributed by atoms with Gasteiger partial charge in [-0.25, -0.2) is 0 Å². The summed E-state index contributed by atoms with van der Waals surface area (Å²) in [7, 11) is 2.87. The summed E-state index contributed by atoms with van der Waals surface area (Å²) >= 11 is 12.3. The van der Waals surface area contributed by atoms with Crippen molar-refractivity contribution in [1.82, 2.24) is 20.4 Å². The molecule has 5 amide bonds. The summed E-state index contributed by atoms with van der Waals surface area (Å²) < 4.78 is 0. The Morgan fingerprint density at radius 2 is 1.47 bits per heavy atom. The molecule has 1 aliphatic rings. The summed E-state index contributed by atoms with van der Waals surface area (Å²) in [4.78, 5) is 78.0. The Hall–Kier alpha value is -5.07. The van der Waals surface area contributed by atoms with Crippen LogP contribution in [0, 0.1) is 0 Å². The molecular formula is C29H24Cl2N6O6. The molecule has 4 rings (SSSR count). The van der Waals surface area contributed by atoms with Crippen molar-refractivity contribution >= 4 is 70.0 Å². The number of carbonyl (C=O) groups excluding carboxylic acids is 6. The van der Waals surface area contributed by atoms with E-state index in [1.165, 1.54) is 44.4 Å². The number of nitrogens with zero attached hydrogens (tertiary/aromatic N) is 3. The van der Waals surface area contributed by atoms with E-state index in [1.807, 2.05) is 0 Å². The van der Waals surface area contributed by atoms with Gasteiger partial charge < -0.3 is 15.5 Å². The Kier molecular flexibility index (Phi) is 9.53. The number of rotatable bonds is 8. The molecule has 0 unspecified atom stereocenters. The minimum Gasteiger partial charge on any atom is -0.345 e. The van der Waals surface area contributed by atoms with Crippen molar-refractivity contribution in [3.8, 4) is 0 Å². The van der Waals surface area contributed by atoms with E-state index in [2.05, 4.69) is 21.2 Å². The van der Waals surface area contributed by atoms with Crippen LogP contribution in [0.4, 0.5) is 5.69 Å². The predicted octanol–water partition coefficient (Wildman–Crippen LogP) is 2.57. The van der Waals surface area contributed by atoms with Crippen LogP contribution in [-0.2, 0) is 14.4 Å². The number of carbonyl (C=O) groups is 6. The fourth-order valence-corrected chi connectivity index (χ4v) is 4.38. The molecule has 3 aromatic carbocycles. The largest absolute Gasteiger partial charge is 0.345 e. The number of amides is 5. The number of hydrogen-bond donors (Lipinski definition) is 3. The van der Waals surface area contributed by atoms with E-state index >= 15 is 0 Å². The van der Waals surface area contributed by atoms with Gasteiger partial charge in [-0.15, -0.1) is 0 Å². The summed E-state index contributed by atoms with van der Waals surface area (Å²) in [6.45, 7) is -1.20. The van der Waals surface area contributed by atoms with Crippen LogP contribution in [0.25, 0.3) is 0 Å². The van der Waals surface area contributed by atoms with Gasteiger partial charge in [-0.1, -0.05) is 47.5 Å². The van der Waals surface area contributed by atoms with Crippen molar-refractivity contribution in [2.75, 3.05) is 32.6 Å². The molecular weight excluding hydrogens is 599 g/mol. The second-order valence-electron chi connectivity index (χ2n) is 9.34. The predicted molar refractivity (Wildman–Crippen MR) is 159 cm³/mol. The van der Waals surface area contributed by atoms with Crippen LogP contribution in [0.3, 0.4) is 0 Å². The molecule has 43 heavy (non-hydrogen) atoms. The number of hydrogen-bond acceptors (Lipinski definition) is 8. The second kappa shape index (κ2) is 13.3. The van der Waals surface area contributed by atoms with Crippen LogP contribution < -0.4 is 16.1 Å². The Morgan fingerprint density at radius 3 is 2.09 bits per heavy atom. The van der Waals surface area contributed by atoms with Crippen LogP contribution in [0.15, 0.2) is 71.8 Å². The molecule has 3 N–H and O–H groups in total. The van der Waals surface area contributed by atoms with Gasteiger partial charge in [0.25, 0.3) is 17.7 Å². The summed E-state index contributed by atoms with van der Waals surface area (Å²) in [5.74, 6) is -4.45. The van der Waals surface area contributed by atoms with Crippen LogP contribution in [-0.4, -0.2) is 78.1 Å². The highest BCUT2D eigenvalue weighted by atomic mass is 35.5. The topological polar surface area (TPSA) is 157 Å². The summed E-state index contributed by atoms with van der Waals surface area (Å²) in [5, 5.41) is 9.11. The molecule has 0 spiro atoms. The second-order valence-corrected chi connectivity index (χ2v) is 10.2. The number of nitrogens with one attached hydrogen (secondary N) is 3. The van der Waals surface area contributed by atoms with Crippen molar-refractivity contribution in [2.24, 2.45) is 5.10 Å². The van der Waals surface area contributed by atoms with Crippen molar-refractivity contribution < 1.29 is 28.8 Å². The van der Waals surface area contributed by atoms with Gasteiger partial charge >= 0.3 is 0 Å². The minimum absolute atomic E-state index is 0.104. The lowest BCUT2D eigenvalue weighted by atomic mass is 10.0. The zero-order valence-electron chi connectivity index (χ0n) is 22.8. The molecule has 0 radical (unpaired) electrons. The first-order chi connectivity index (χ1) is 20.5. The molecule has 1 aliphatic heterocycles. The van der Waals surface area contributed by atoms with Gasteiger partial charge in [-0.2, -0.15) is 5.10 Å². The van der Waals surface area contributed by atoms with Crippen molar-refractivity contribution in [3.63, 3.8) is 0 Å². The molecule has 0 aromatic heterocycles. The fraction of sp³-hybridized carbons (Fsp3) is 0.138. The highest BCUT2D eigenvalue weighted by Gasteiger charge is 2.36. The van der Waals surface area contributed by atoms with Crippen molar-refractivity contribution in [1.29, 1.82) is 0 Å². The van der Waals surface area contributed by atoms with Gasteiger partial charge in [-0.05, 0) is 42.5 Å². The van der Waals surface area contributed by atoms with Crippen LogP contribution in [0.2, 0.25) is 10.0 Å². The Labute approximate surface area is 255 Å². The van der Waals surface area contributed by atoms with Crippen molar-refractivity contribution in [3.05, 3.63) is 99.0 Å². The van der Waals surface area contributed by atoms with E-state index < -0.39 is 54.2 Å². The van der Waals surface area contributed by atoms with Crippen molar-refractivity contribution in [2.45, 2.75) is 0 Å². The number of likely N-dealkylation sites (N-methyl/N-ethyl adjacent to an activating group) is 1. The first-order valence-corrected chi connectivity index (χ1v) is 13.4. The summed E-state index contributed by atoms with van der Waals surface area (Å²) in [6.07, 6.45) is 0. The van der Waals surface area contributed by atoms with Crippen LogP contribution in [0.1, 0.15) is 36.6 Å². The number of fused-ring (bicyclic) bond motifs is 1. The molecule has 0 aliphatic carbocycles. The van der Waals surface area contributed by atoms with E-state index in [0.717, 1.165) is 9.80 Å². The average Bonchev–Trinajstić information content (AvgIpc) is 3.22. The maximum absolute atomic E-state index is 13.2. The quantitative estimate of drug-likeness (QED) is 0.114. The lowest BCUT2D eigenvalue weighted by molar-refractivity contribution is -0.126. The molecule has 220 valence electrons. The summed E-state index contributed by atoms with van der Waals surface area (Å²) in [6, 6.07) is 17.0. The van der Waals surface area contributed by atoms with Crippen LogP contribution >= 0.6 is 23.2 Å². The molecule has 0 saturated heterocycles. The highest BCUT2D eigenvalue weighted by Crippen LogP contribution is 2.27. The SMILES string of the molecule is CN(C)C(=O)/C(=N\Nc1ccc(Cl)cc1C(=O)c1ccccc1Cl)NC(=O)CNC(=O)CN1C(=O)c2ccccc2C1=O. The minimum atomic E-state index is -0.824. The zero-order chi connectivity index (χ0) is 31.3. The molecule has 0 saturated carbocycles. The van der Waals surface area contributed by atoms with Gasteiger partial charge in [-0.3, -0.25) is 39.1 Å². The fourth-order valence-electron chi connectivity index (χ4n) is 3.99. The van der Waals surface area contributed by atoms with E-state index in [-0.39, 0.29) is 38.0 Å². The molecule has 0 bridgehead atoms. The monoisotopic (exact) mass is 622 g/mol. The number of ketones is 1. The lowest BCUT2D eigenvalue weighted by Crippen LogP contribution is -2.48. The average molecular weight is 623 g/mol. The third-order valence-corrected chi connectivity index (χ3v) is 6.69. The Morgan fingerprint density at radius 1 is 0.837 bits per heavy atom. The molecule has 1 heterocycles. The van der Waals surface area contributed by atoms with Gasteiger partial charge in [0.05, 0.1) is 28.4 Å². The maximum atomic E-state index is 13.2. The molecule has 0 atom stereocenters. The number of benzene rings is 3. The van der Waals surface area contributed by atoms with Gasteiger partial charge in [0.1, 0.15) is 6.54 Å². The number of anilines is 1. The van der Waals surface area contributed by atoms with E-state index in [9.17, 15) is 28.8 Å². The van der Waals surface area contributed by atoms with Gasteiger partial charge in [0, 0.05) is 30.2 Å². The number of imide groups is 1. The normalized spacial score (nSPS) is 12.5. The van der Waals surface area contributed by atoms with Gasteiger partial charge in [0.15, 0.2) is 5.78 Å². The van der Waals surface area contributed by atoms with E-state index in [1.54, 1.807) is 36.4 Å². The third kappa shape index (κ3) is 7.05. The van der Waals surface area contributed by atoms with Gasteiger partial charge in [0.2, 0.25) is 17.6 Å². The van der Waals surface area contributed by atoms with E-state index in [4.69, 9.17) is 23.2 Å². The first-order valence-electron chi connectivity index (χ1n) is 12.6. The summed E-state index contributed by atoms with van der Waals surface area (Å²) in [5.41, 5.74) is 3.48. The third-order valence-electron chi connectivity index (χ3n) is 6.13. The lowest BCUT2D eigenvalue weighted by Gasteiger charge is -2.16. The maximum Gasteiger partial charge on any atom is 0.291 e. The molecule has 12 nitrogen and oxygen atoms in total. The molecule has 0 fully saturated rings. The Bertz CT molecular complexity index is 1650. The first kappa shape index (κ1) is 30.9. The van der Waals surface area contributed by atoms with Crippen LogP contribution in [0.5, 0.6) is 0 Å². The zero-order valence-corrected chi connectivity index (χ0v) is 24.3. The molecule has 14 heteroatoms. The number of amidine groups is 1. The smallest absolute Gasteiger partial charge is 0.291 e. The Balaban J connectivity index is 1.44.